The minimum atomic E-state index is 0.250. The molecule has 0 saturated carbocycles. The van der Waals surface area contributed by atoms with E-state index in [9.17, 15) is 4.79 Å². The van der Waals surface area contributed by atoms with Gasteiger partial charge in [0.05, 0.1) is 0 Å². The molecule has 1 aromatic rings. The Morgan fingerprint density at radius 3 is 2.50 bits per heavy atom. The van der Waals surface area contributed by atoms with Crippen LogP contribution < -0.4 is 10.2 Å². The van der Waals surface area contributed by atoms with Crippen molar-refractivity contribution in [1.29, 1.82) is 0 Å². The third-order valence-corrected chi connectivity index (χ3v) is 3.94. The number of nitrogens with zero attached hydrogens (tertiary/aromatic N) is 1. The summed E-state index contributed by atoms with van der Waals surface area (Å²) in [7, 11) is 1.94. The monoisotopic (exact) mass is 246 g/mol. The van der Waals surface area contributed by atoms with Gasteiger partial charge in [-0.2, -0.15) is 0 Å². The highest BCUT2D eigenvalue weighted by atomic mass is 16.2. The molecule has 1 aliphatic rings. The van der Waals surface area contributed by atoms with Crippen LogP contribution in [0.15, 0.2) is 18.2 Å². The SMILES string of the molecule is CNCC1CC(=O)N(c2c(C)cccc2C)C1C. The van der Waals surface area contributed by atoms with Gasteiger partial charge in [0.15, 0.2) is 0 Å². The largest absolute Gasteiger partial charge is 0.319 e. The number of carbonyl (C=O) groups excluding carboxylic acids is 1. The molecule has 0 aliphatic carbocycles. The number of anilines is 1. The highest BCUT2D eigenvalue weighted by Crippen LogP contribution is 2.34. The average molecular weight is 246 g/mol. The topological polar surface area (TPSA) is 32.3 Å². The predicted molar refractivity (Wildman–Crippen MR) is 74.9 cm³/mol. The van der Waals surface area contributed by atoms with Crippen molar-refractivity contribution in [1.82, 2.24) is 5.32 Å². The molecule has 1 aromatic carbocycles. The zero-order valence-corrected chi connectivity index (χ0v) is 11.7. The number of para-hydroxylation sites is 1. The van der Waals surface area contributed by atoms with Gasteiger partial charge >= 0.3 is 0 Å². The quantitative estimate of drug-likeness (QED) is 0.887. The lowest BCUT2D eigenvalue weighted by molar-refractivity contribution is -0.117. The number of hydrogen-bond acceptors (Lipinski definition) is 2. The van der Waals surface area contributed by atoms with Gasteiger partial charge in [0.2, 0.25) is 5.91 Å². The summed E-state index contributed by atoms with van der Waals surface area (Å²) in [5.74, 6) is 0.654. The van der Waals surface area contributed by atoms with E-state index < -0.39 is 0 Å². The summed E-state index contributed by atoms with van der Waals surface area (Å²) < 4.78 is 0. The van der Waals surface area contributed by atoms with Crippen LogP contribution in [0.25, 0.3) is 0 Å². The minimum absolute atomic E-state index is 0.250. The highest BCUT2D eigenvalue weighted by Gasteiger charge is 2.38. The van der Waals surface area contributed by atoms with E-state index in [2.05, 4.69) is 38.2 Å². The third kappa shape index (κ3) is 2.15. The molecule has 1 amide bonds. The molecule has 0 aromatic heterocycles. The van der Waals surface area contributed by atoms with Crippen molar-refractivity contribution >= 4 is 11.6 Å². The second kappa shape index (κ2) is 5.11. The van der Waals surface area contributed by atoms with Gasteiger partial charge in [-0.05, 0) is 38.9 Å². The molecule has 1 aliphatic heterocycles. The fraction of sp³-hybridized carbons (Fsp3) is 0.533. The molecule has 3 nitrogen and oxygen atoms in total. The molecular formula is C15H22N2O. The molecule has 98 valence electrons. The van der Waals surface area contributed by atoms with Crippen LogP contribution in [0.2, 0.25) is 0 Å². The van der Waals surface area contributed by atoms with Gasteiger partial charge in [0, 0.05) is 30.6 Å². The molecule has 1 N–H and O–H groups in total. The van der Waals surface area contributed by atoms with Crippen molar-refractivity contribution in [3.05, 3.63) is 29.3 Å². The lowest BCUT2D eigenvalue weighted by Crippen LogP contribution is -2.36. The molecule has 0 radical (unpaired) electrons. The number of rotatable bonds is 3. The summed E-state index contributed by atoms with van der Waals surface area (Å²) in [5.41, 5.74) is 3.47. The van der Waals surface area contributed by atoms with Gasteiger partial charge in [-0.25, -0.2) is 0 Å². The summed E-state index contributed by atoms with van der Waals surface area (Å²) in [6.07, 6.45) is 0.649. The normalized spacial score (nSPS) is 23.8. The van der Waals surface area contributed by atoms with Gasteiger partial charge in [-0.1, -0.05) is 18.2 Å². The smallest absolute Gasteiger partial charge is 0.227 e. The van der Waals surface area contributed by atoms with Crippen LogP contribution in [0.5, 0.6) is 0 Å². The summed E-state index contributed by atoms with van der Waals surface area (Å²) >= 11 is 0. The second-order valence-corrected chi connectivity index (χ2v) is 5.27. The van der Waals surface area contributed by atoms with E-state index >= 15 is 0 Å². The van der Waals surface area contributed by atoms with E-state index in [-0.39, 0.29) is 11.9 Å². The maximum atomic E-state index is 12.3. The van der Waals surface area contributed by atoms with E-state index in [1.54, 1.807) is 0 Å². The van der Waals surface area contributed by atoms with Crippen molar-refractivity contribution in [2.24, 2.45) is 5.92 Å². The molecule has 18 heavy (non-hydrogen) atoms. The zero-order valence-electron chi connectivity index (χ0n) is 11.7. The van der Waals surface area contributed by atoms with Crippen molar-refractivity contribution in [2.45, 2.75) is 33.2 Å². The fourth-order valence-corrected chi connectivity index (χ4v) is 2.95. The van der Waals surface area contributed by atoms with Crippen LogP contribution in [0.3, 0.4) is 0 Å². The number of benzene rings is 1. The van der Waals surface area contributed by atoms with Crippen molar-refractivity contribution in [3.63, 3.8) is 0 Å². The van der Waals surface area contributed by atoms with Gasteiger partial charge in [0.1, 0.15) is 0 Å². The first-order valence-corrected chi connectivity index (χ1v) is 6.59. The molecule has 1 fully saturated rings. The molecule has 2 unspecified atom stereocenters. The van der Waals surface area contributed by atoms with Crippen LogP contribution in [-0.2, 0) is 4.79 Å². The molecule has 2 rings (SSSR count). The average Bonchev–Trinajstić information content (AvgIpc) is 2.57. The van der Waals surface area contributed by atoms with Gasteiger partial charge in [0.25, 0.3) is 0 Å². The first-order chi connectivity index (χ1) is 8.56. The number of amides is 1. The van der Waals surface area contributed by atoms with Gasteiger partial charge in [-0.15, -0.1) is 0 Å². The molecule has 1 heterocycles. The Morgan fingerprint density at radius 2 is 1.94 bits per heavy atom. The van der Waals surface area contributed by atoms with Crippen LogP contribution in [0, 0.1) is 19.8 Å². The predicted octanol–water partition coefficient (Wildman–Crippen LogP) is 2.26. The molecule has 0 spiro atoms. The van der Waals surface area contributed by atoms with E-state index in [1.807, 2.05) is 18.0 Å². The Hall–Kier alpha value is -1.35. The Kier molecular flexibility index (Phi) is 3.71. The van der Waals surface area contributed by atoms with Gasteiger partial charge in [-0.3, -0.25) is 4.79 Å². The number of carbonyl (C=O) groups is 1. The maximum Gasteiger partial charge on any atom is 0.227 e. The number of nitrogens with one attached hydrogen (secondary N) is 1. The van der Waals surface area contributed by atoms with Crippen molar-refractivity contribution < 1.29 is 4.79 Å². The number of hydrogen-bond donors (Lipinski definition) is 1. The molecule has 3 heteroatoms. The highest BCUT2D eigenvalue weighted by molar-refractivity contribution is 5.98. The molecule has 0 bridgehead atoms. The standard InChI is InChI=1S/C15H22N2O/c1-10-6-5-7-11(2)15(10)17-12(3)13(9-16-4)8-14(17)18/h5-7,12-13,16H,8-9H2,1-4H3. The van der Waals surface area contributed by atoms with Crippen LogP contribution in [0.4, 0.5) is 5.69 Å². The Balaban J connectivity index is 2.36. The van der Waals surface area contributed by atoms with E-state index in [4.69, 9.17) is 0 Å². The van der Waals surface area contributed by atoms with Crippen LogP contribution >= 0.6 is 0 Å². The number of aryl methyl sites for hydroxylation is 2. The van der Waals surface area contributed by atoms with Gasteiger partial charge < -0.3 is 10.2 Å². The van der Waals surface area contributed by atoms with E-state index in [0.717, 1.165) is 12.2 Å². The fourth-order valence-electron chi connectivity index (χ4n) is 2.95. The van der Waals surface area contributed by atoms with Crippen molar-refractivity contribution in [2.75, 3.05) is 18.5 Å². The zero-order chi connectivity index (χ0) is 13.3. The van der Waals surface area contributed by atoms with Crippen LogP contribution in [0.1, 0.15) is 24.5 Å². The molecule has 2 atom stereocenters. The van der Waals surface area contributed by atoms with E-state index in [0.29, 0.717) is 12.3 Å². The lowest BCUT2D eigenvalue weighted by Gasteiger charge is -2.28. The Bertz CT molecular complexity index is 436. The first-order valence-electron chi connectivity index (χ1n) is 6.59. The Morgan fingerprint density at radius 1 is 1.33 bits per heavy atom. The second-order valence-electron chi connectivity index (χ2n) is 5.27. The van der Waals surface area contributed by atoms with Crippen LogP contribution in [-0.4, -0.2) is 25.5 Å². The van der Waals surface area contributed by atoms with E-state index in [1.165, 1.54) is 11.1 Å². The lowest BCUT2D eigenvalue weighted by atomic mass is 10.0. The first kappa shape index (κ1) is 13.1. The maximum absolute atomic E-state index is 12.3. The molecular weight excluding hydrogens is 224 g/mol. The van der Waals surface area contributed by atoms with Crippen molar-refractivity contribution in [3.8, 4) is 0 Å². The summed E-state index contributed by atoms with van der Waals surface area (Å²) in [4.78, 5) is 14.3. The molecule has 1 saturated heterocycles. The Labute approximate surface area is 109 Å². The summed E-state index contributed by atoms with van der Waals surface area (Å²) in [6, 6.07) is 6.47. The third-order valence-electron chi connectivity index (χ3n) is 3.94. The minimum Gasteiger partial charge on any atom is -0.319 e. The summed E-state index contributed by atoms with van der Waals surface area (Å²) in [5, 5.41) is 3.18. The summed E-state index contributed by atoms with van der Waals surface area (Å²) in [6.45, 7) is 7.20.